The van der Waals surface area contributed by atoms with Crippen molar-refractivity contribution in [1.82, 2.24) is 0 Å². The van der Waals surface area contributed by atoms with E-state index in [0.717, 1.165) is 57.3 Å². The summed E-state index contributed by atoms with van der Waals surface area (Å²) in [6.45, 7) is 1.53. The van der Waals surface area contributed by atoms with Crippen LogP contribution in [-0.2, 0) is 25.3 Å². The Balaban J connectivity index is 2.28. The zero-order valence-corrected chi connectivity index (χ0v) is 20.4. The van der Waals surface area contributed by atoms with E-state index in [-0.39, 0.29) is 18.7 Å². The van der Waals surface area contributed by atoms with Crippen molar-refractivity contribution in [2.45, 2.75) is 82.9 Å². The van der Waals surface area contributed by atoms with Crippen LogP contribution in [0.2, 0.25) is 0 Å². The molecule has 0 bridgehead atoms. The summed E-state index contributed by atoms with van der Waals surface area (Å²) < 4.78 is 65.6. The second-order valence-electron chi connectivity index (χ2n) is 8.56. The third kappa shape index (κ3) is 11.8. The molecule has 0 aliphatic heterocycles. The Labute approximate surface area is 199 Å². The number of benzene rings is 1. The third-order valence-electron chi connectivity index (χ3n) is 5.30. The molecular weight excluding hydrogens is 473 g/mol. The predicted octanol–water partition coefficient (Wildman–Crippen LogP) is 5.14. The highest BCUT2D eigenvalue weighted by Crippen LogP contribution is 2.33. The monoisotopic (exact) mass is 506 g/mol. The van der Waals surface area contributed by atoms with Gasteiger partial charge in [-0.25, -0.2) is 0 Å². The zero-order valence-electron chi connectivity index (χ0n) is 19.6. The van der Waals surface area contributed by atoms with E-state index >= 15 is 0 Å². The molecule has 0 saturated carbocycles. The Morgan fingerprint density at radius 3 is 2.09 bits per heavy atom. The summed E-state index contributed by atoms with van der Waals surface area (Å²) in [5.74, 6) is -0.801. The number of hydrogen-bond acceptors (Lipinski definition) is 6. The predicted molar refractivity (Wildman–Crippen MR) is 122 cm³/mol. The minimum absolute atomic E-state index is 0.139. The topological polar surface area (TPSA) is 116 Å². The van der Waals surface area contributed by atoms with E-state index in [1.165, 1.54) is 19.1 Å². The minimum Gasteiger partial charge on any atom is -0.380 e. The molecule has 0 spiro atoms. The highest BCUT2D eigenvalue weighted by Gasteiger charge is 2.35. The van der Waals surface area contributed by atoms with Crippen LogP contribution in [0.4, 0.5) is 18.9 Å². The molecule has 0 aliphatic rings. The zero-order chi connectivity index (χ0) is 25.8. The van der Waals surface area contributed by atoms with Crippen LogP contribution in [0.5, 0.6) is 0 Å². The summed E-state index contributed by atoms with van der Waals surface area (Å²) >= 11 is 0. The smallest absolute Gasteiger partial charge is 0.380 e. The van der Waals surface area contributed by atoms with Crippen molar-refractivity contribution in [3.8, 4) is 6.07 Å². The Morgan fingerprint density at radius 1 is 1.06 bits per heavy atom. The number of aliphatic hydroxyl groups is 1. The van der Waals surface area contributed by atoms with Crippen molar-refractivity contribution >= 4 is 21.7 Å². The van der Waals surface area contributed by atoms with Gasteiger partial charge in [-0.2, -0.15) is 26.9 Å². The van der Waals surface area contributed by atoms with Gasteiger partial charge in [0.25, 0.3) is 16.0 Å². The average molecular weight is 507 g/mol. The van der Waals surface area contributed by atoms with Gasteiger partial charge in [0.1, 0.15) is 5.60 Å². The Bertz CT molecular complexity index is 941. The van der Waals surface area contributed by atoms with Crippen LogP contribution in [0.1, 0.15) is 82.3 Å². The van der Waals surface area contributed by atoms with E-state index in [0.29, 0.717) is 18.9 Å². The van der Waals surface area contributed by atoms with E-state index in [2.05, 4.69) is 9.50 Å². The van der Waals surface area contributed by atoms with Crippen LogP contribution in [-0.4, -0.2) is 37.9 Å². The molecule has 192 valence electrons. The lowest BCUT2D eigenvalue weighted by Crippen LogP contribution is -2.40. The van der Waals surface area contributed by atoms with Gasteiger partial charge in [0.05, 0.1) is 30.1 Å². The highest BCUT2D eigenvalue weighted by atomic mass is 32.2. The molecule has 0 radical (unpaired) electrons. The molecule has 1 amide bonds. The van der Waals surface area contributed by atoms with Crippen molar-refractivity contribution in [3.63, 3.8) is 0 Å². The van der Waals surface area contributed by atoms with E-state index in [1.807, 2.05) is 0 Å². The van der Waals surface area contributed by atoms with Gasteiger partial charge in [0, 0.05) is 5.69 Å². The van der Waals surface area contributed by atoms with Crippen LogP contribution >= 0.6 is 0 Å². The number of nitrogens with one attached hydrogen (secondary N) is 1. The fraction of sp³-hybridized carbons (Fsp3) is 0.652. The second kappa shape index (κ2) is 13.7. The maximum Gasteiger partial charge on any atom is 0.417 e. The average Bonchev–Trinajstić information content (AvgIpc) is 2.73. The maximum atomic E-state index is 13.1. The van der Waals surface area contributed by atoms with Crippen molar-refractivity contribution in [2.75, 3.05) is 18.2 Å². The van der Waals surface area contributed by atoms with Crippen molar-refractivity contribution < 1.29 is 35.7 Å². The van der Waals surface area contributed by atoms with Gasteiger partial charge >= 0.3 is 6.18 Å². The molecule has 0 aromatic heterocycles. The van der Waals surface area contributed by atoms with Crippen LogP contribution < -0.4 is 5.32 Å². The van der Waals surface area contributed by atoms with Crippen molar-refractivity contribution in [3.05, 3.63) is 29.3 Å². The molecule has 1 rings (SSSR count). The third-order valence-corrected chi connectivity index (χ3v) is 5.89. The summed E-state index contributed by atoms with van der Waals surface area (Å²) in [6.07, 6.45) is 4.44. The summed E-state index contributed by atoms with van der Waals surface area (Å²) in [4.78, 5) is 12.4. The van der Waals surface area contributed by atoms with E-state index in [4.69, 9.17) is 5.26 Å². The molecule has 0 aliphatic carbocycles. The number of carbonyl (C=O) groups is 1. The first-order chi connectivity index (χ1) is 15.8. The fourth-order valence-electron chi connectivity index (χ4n) is 3.35. The molecule has 1 aromatic carbocycles. The molecule has 11 heteroatoms. The fourth-order valence-corrected chi connectivity index (χ4v) is 3.77. The summed E-state index contributed by atoms with van der Waals surface area (Å²) in [5.41, 5.74) is -3.56. The van der Waals surface area contributed by atoms with Crippen LogP contribution in [0.15, 0.2) is 18.2 Å². The number of unbranched alkanes of at least 4 members (excludes halogenated alkanes) is 8. The van der Waals surface area contributed by atoms with Crippen LogP contribution in [0, 0.1) is 11.3 Å². The van der Waals surface area contributed by atoms with Gasteiger partial charge in [-0.15, -0.1) is 0 Å². The van der Waals surface area contributed by atoms with Gasteiger partial charge in [0.2, 0.25) is 0 Å². The van der Waals surface area contributed by atoms with Gasteiger partial charge in [0.15, 0.2) is 0 Å². The largest absolute Gasteiger partial charge is 0.417 e. The maximum absolute atomic E-state index is 13.1. The molecule has 0 fully saturated rings. The number of rotatable bonds is 15. The standard InChI is InChI=1S/C23H33F3N2O5S/c1-22(30,14-10-8-6-4-3-5-7-9-11-15-33-34(2,31)32)21(29)28-19-13-12-18(17-27)20(16-19)23(24,25)26/h12-13,16,30H,3-11,14-15H2,1-2H3,(H,28,29). The molecule has 0 saturated heterocycles. The van der Waals surface area contributed by atoms with Crippen molar-refractivity contribution in [1.29, 1.82) is 5.26 Å². The van der Waals surface area contributed by atoms with Crippen LogP contribution in [0.25, 0.3) is 0 Å². The summed E-state index contributed by atoms with van der Waals surface area (Å²) in [6, 6.07) is 4.34. The number of amides is 1. The molecule has 34 heavy (non-hydrogen) atoms. The molecule has 1 unspecified atom stereocenters. The SMILES string of the molecule is CC(O)(CCCCCCCCCCCOS(C)(=O)=O)C(=O)Nc1ccc(C#N)c(C(F)(F)F)c1. The molecule has 0 heterocycles. The summed E-state index contributed by atoms with van der Waals surface area (Å²) in [5, 5.41) is 21.6. The van der Waals surface area contributed by atoms with Crippen molar-refractivity contribution in [2.24, 2.45) is 0 Å². The van der Waals surface area contributed by atoms with Gasteiger partial charge in [-0.05, 0) is 38.0 Å². The van der Waals surface area contributed by atoms with Gasteiger partial charge in [-0.3, -0.25) is 8.98 Å². The first kappa shape index (κ1) is 29.9. The lowest BCUT2D eigenvalue weighted by atomic mass is 9.96. The van der Waals surface area contributed by atoms with E-state index in [1.54, 1.807) is 0 Å². The quantitative estimate of drug-likeness (QED) is 0.251. The first-order valence-corrected chi connectivity index (χ1v) is 13.1. The molecule has 1 atom stereocenters. The number of halogens is 3. The Hall–Kier alpha value is -2.16. The Morgan fingerprint density at radius 2 is 1.59 bits per heavy atom. The lowest BCUT2D eigenvalue weighted by Gasteiger charge is -2.22. The number of nitrogens with zero attached hydrogens (tertiary/aromatic N) is 1. The normalized spacial score (nSPS) is 13.8. The minimum atomic E-state index is -4.74. The molecular formula is C23H33F3N2O5S. The van der Waals surface area contributed by atoms with Gasteiger partial charge in [-0.1, -0.05) is 51.4 Å². The first-order valence-electron chi connectivity index (χ1n) is 11.3. The number of carbonyl (C=O) groups excluding carboxylic acids is 1. The van der Waals surface area contributed by atoms with E-state index in [9.17, 15) is 31.5 Å². The van der Waals surface area contributed by atoms with Gasteiger partial charge < -0.3 is 10.4 Å². The van der Waals surface area contributed by atoms with Crippen LogP contribution in [0.3, 0.4) is 0 Å². The lowest BCUT2D eigenvalue weighted by molar-refractivity contribution is -0.138. The Kier molecular flexibility index (Phi) is 12.0. The molecule has 2 N–H and O–H groups in total. The van der Waals surface area contributed by atoms with E-state index < -0.39 is 38.9 Å². The number of anilines is 1. The molecule has 1 aromatic rings. The second-order valence-corrected chi connectivity index (χ2v) is 10.2. The number of alkyl halides is 3. The molecule has 7 nitrogen and oxygen atoms in total. The summed E-state index contributed by atoms with van der Waals surface area (Å²) in [7, 11) is -3.37. The number of hydrogen-bond donors (Lipinski definition) is 2. The highest BCUT2D eigenvalue weighted by molar-refractivity contribution is 7.85. The number of nitriles is 1.